The Bertz CT molecular complexity index is 1110. The van der Waals surface area contributed by atoms with E-state index in [2.05, 4.69) is 20.5 Å². The number of aromatic nitrogens is 3. The molecule has 0 bridgehead atoms. The van der Waals surface area contributed by atoms with Crippen molar-refractivity contribution in [1.82, 2.24) is 15.2 Å². The van der Waals surface area contributed by atoms with Crippen LogP contribution in [-0.2, 0) is 6.54 Å². The highest BCUT2D eigenvalue weighted by Gasteiger charge is 2.14. The summed E-state index contributed by atoms with van der Waals surface area (Å²) in [6.45, 7) is 2.64. The van der Waals surface area contributed by atoms with Gasteiger partial charge in [0, 0.05) is 29.6 Å². The first-order valence-electron chi connectivity index (χ1n) is 9.76. The molecule has 1 unspecified atom stereocenters. The fraction of sp³-hybridized carbons (Fsp3) is 0.167. The fourth-order valence-corrected chi connectivity index (χ4v) is 3.35. The van der Waals surface area contributed by atoms with Crippen molar-refractivity contribution in [2.45, 2.75) is 19.6 Å². The summed E-state index contributed by atoms with van der Waals surface area (Å²) in [6, 6.07) is 19.3. The smallest absolute Gasteiger partial charge is 0.121 e. The van der Waals surface area contributed by atoms with Crippen LogP contribution in [0.2, 0.25) is 0 Å². The van der Waals surface area contributed by atoms with E-state index < -0.39 is 6.10 Å². The summed E-state index contributed by atoms with van der Waals surface area (Å²) >= 11 is 0. The normalized spacial score (nSPS) is 11.8. The van der Waals surface area contributed by atoms with Crippen LogP contribution in [0, 0.1) is 6.92 Å². The second kappa shape index (κ2) is 8.80. The van der Waals surface area contributed by atoms with Gasteiger partial charge in [0.25, 0.3) is 0 Å². The third-order valence-electron chi connectivity index (χ3n) is 5.11. The van der Waals surface area contributed by atoms with Gasteiger partial charge in [-0.2, -0.15) is 5.10 Å². The molecule has 2 aromatic heterocycles. The Hall–Kier alpha value is -3.64. The standard InChI is InChI=1S/C24H24N4O2/c1-16-6-7-18(24(29)21-5-3-4-12-25-21)13-22(16)26-14-19-15-27-28-23(19)17-8-10-20(30-2)11-9-17/h3-13,15,24,26,29H,14H2,1-2H3,(H,27,28). The second-order valence-corrected chi connectivity index (χ2v) is 7.08. The Kier molecular flexibility index (Phi) is 5.77. The van der Waals surface area contributed by atoms with Gasteiger partial charge in [0.15, 0.2) is 0 Å². The number of aliphatic hydroxyl groups is 1. The molecular formula is C24H24N4O2. The molecule has 0 aliphatic carbocycles. The first kappa shape index (κ1) is 19.7. The highest BCUT2D eigenvalue weighted by molar-refractivity contribution is 5.64. The van der Waals surface area contributed by atoms with Crippen molar-refractivity contribution < 1.29 is 9.84 Å². The third kappa shape index (κ3) is 4.18. The maximum absolute atomic E-state index is 10.7. The van der Waals surface area contributed by atoms with Gasteiger partial charge in [-0.1, -0.05) is 18.2 Å². The van der Waals surface area contributed by atoms with Gasteiger partial charge in [-0.15, -0.1) is 0 Å². The van der Waals surface area contributed by atoms with E-state index in [1.54, 1.807) is 13.3 Å². The Morgan fingerprint density at radius 1 is 1.10 bits per heavy atom. The number of benzene rings is 2. The summed E-state index contributed by atoms with van der Waals surface area (Å²) in [4.78, 5) is 4.26. The molecule has 152 valence electrons. The minimum atomic E-state index is -0.767. The lowest BCUT2D eigenvalue weighted by Crippen LogP contribution is -2.05. The van der Waals surface area contributed by atoms with Crippen LogP contribution < -0.4 is 10.1 Å². The lowest BCUT2D eigenvalue weighted by Gasteiger charge is -2.15. The quantitative estimate of drug-likeness (QED) is 0.426. The van der Waals surface area contributed by atoms with Crippen LogP contribution in [0.4, 0.5) is 5.69 Å². The highest BCUT2D eigenvalue weighted by Crippen LogP contribution is 2.27. The molecule has 0 fully saturated rings. The average molecular weight is 400 g/mol. The molecule has 4 rings (SSSR count). The number of aromatic amines is 1. The lowest BCUT2D eigenvalue weighted by molar-refractivity contribution is 0.215. The SMILES string of the molecule is COc1ccc(-c2[nH]ncc2CNc2cc(C(O)c3ccccn3)ccc2C)cc1. The summed E-state index contributed by atoms with van der Waals surface area (Å²) in [5.74, 6) is 0.817. The number of ether oxygens (including phenoxy) is 1. The molecule has 0 aliphatic heterocycles. The van der Waals surface area contributed by atoms with E-state index in [-0.39, 0.29) is 0 Å². The first-order chi connectivity index (χ1) is 14.7. The number of methoxy groups -OCH3 is 1. The minimum Gasteiger partial charge on any atom is -0.497 e. The Balaban J connectivity index is 1.52. The maximum Gasteiger partial charge on any atom is 0.121 e. The van der Waals surface area contributed by atoms with Crippen LogP contribution >= 0.6 is 0 Å². The minimum absolute atomic E-state index is 0.599. The summed E-state index contributed by atoms with van der Waals surface area (Å²) in [7, 11) is 1.65. The topological polar surface area (TPSA) is 83.1 Å². The number of hydrogen-bond acceptors (Lipinski definition) is 5. The summed E-state index contributed by atoms with van der Waals surface area (Å²) < 4.78 is 5.23. The van der Waals surface area contributed by atoms with Gasteiger partial charge in [0.1, 0.15) is 11.9 Å². The maximum atomic E-state index is 10.7. The molecule has 2 heterocycles. The number of pyridine rings is 1. The van der Waals surface area contributed by atoms with Crippen molar-refractivity contribution in [2.75, 3.05) is 12.4 Å². The molecule has 4 aromatic rings. The lowest BCUT2D eigenvalue weighted by atomic mass is 10.0. The molecular weight excluding hydrogens is 376 g/mol. The van der Waals surface area contributed by atoms with Crippen LogP contribution in [0.15, 0.2) is 73.1 Å². The van der Waals surface area contributed by atoms with Gasteiger partial charge in [-0.25, -0.2) is 0 Å². The van der Waals surface area contributed by atoms with E-state index in [0.29, 0.717) is 12.2 Å². The van der Waals surface area contributed by atoms with Gasteiger partial charge in [-0.05, 0) is 60.5 Å². The molecule has 2 aromatic carbocycles. The monoisotopic (exact) mass is 400 g/mol. The van der Waals surface area contributed by atoms with Gasteiger partial charge >= 0.3 is 0 Å². The average Bonchev–Trinajstić information content (AvgIpc) is 3.27. The Labute approximate surface area is 175 Å². The summed E-state index contributed by atoms with van der Waals surface area (Å²) in [6.07, 6.45) is 2.75. The Morgan fingerprint density at radius 3 is 2.67 bits per heavy atom. The third-order valence-corrected chi connectivity index (χ3v) is 5.11. The van der Waals surface area contributed by atoms with Gasteiger partial charge in [-0.3, -0.25) is 10.1 Å². The number of anilines is 1. The number of rotatable bonds is 7. The van der Waals surface area contributed by atoms with E-state index in [1.807, 2.05) is 73.8 Å². The molecule has 6 nitrogen and oxygen atoms in total. The van der Waals surface area contributed by atoms with Crippen molar-refractivity contribution in [3.8, 4) is 17.0 Å². The first-order valence-corrected chi connectivity index (χ1v) is 9.76. The Morgan fingerprint density at radius 2 is 1.93 bits per heavy atom. The molecule has 0 saturated heterocycles. The zero-order valence-electron chi connectivity index (χ0n) is 17.0. The van der Waals surface area contributed by atoms with Crippen LogP contribution in [-0.4, -0.2) is 27.4 Å². The largest absolute Gasteiger partial charge is 0.497 e. The molecule has 0 spiro atoms. The van der Waals surface area contributed by atoms with Crippen molar-refractivity contribution in [1.29, 1.82) is 0 Å². The summed E-state index contributed by atoms with van der Waals surface area (Å²) in [5, 5.41) is 21.5. The van der Waals surface area contributed by atoms with Crippen molar-refractivity contribution in [2.24, 2.45) is 0 Å². The molecule has 6 heteroatoms. The molecule has 0 radical (unpaired) electrons. The van der Waals surface area contributed by atoms with E-state index in [0.717, 1.165) is 39.4 Å². The number of H-pyrrole nitrogens is 1. The molecule has 30 heavy (non-hydrogen) atoms. The predicted octanol–water partition coefficient (Wildman–Crippen LogP) is 4.48. The molecule has 3 N–H and O–H groups in total. The van der Waals surface area contributed by atoms with E-state index in [1.165, 1.54) is 0 Å². The molecule has 0 amide bonds. The number of hydrogen-bond donors (Lipinski definition) is 3. The zero-order chi connectivity index (χ0) is 20.9. The van der Waals surface area contributed by atoms with E-state index in [4.69, 9.17) is 4.74 Å². The fourth-order valence-electron chi connectivity index (χ4n) is 3.35. The predicted molar refractivity (Wildman–Crippen MR) is 117 cm³/mol. The van der Waals surface area contributed by atoms with Crippen LogP contribution in [0.3, 0.4) is 0 Å². The molecule has 0 saturated carbocycles. The number of aryl methyl sites for hydroxylation is 1. The summed E-state index contributed by atoms with van der Waals surface area (Å²) in [5.41, 5.74) is 6.54. The van der Waals surface area contributed by atoms with Crippen LogP contribution in [0.25, 0.3) is 11.3 Å². The second-order valence-electron chi connectivity index (χ2n) is 7.08. The van der Waals surface area contributed by atoms with Gasteiger partial charge in [0.2, 0.25) is 0 Å². The van der Waals surface area contributed by atoms with E-state index in [9.17, 15) is 5.11 Å². The molecule has 0 aliphatic rings. The van der Waals surface area contributed by atoms with Gasteiger partial charge < -0.3 is 15.2 Å². The number of aliphatic hydroxyl groups excluding tert-OH is 1. The van der Waals surface area contributed by atoms with Gasteiger partial charge in [0.05, 0.1) is 24.7 Å². The van der Waals surface area contributed by atoms with Crippen molar-refractivity contribution >= 4 is 5.69 Å². The zero-order valence-corrected chi connectivity index (χ0v) is 17.0. The molecule has 1 atom stereocenters. The van der Waals surface area contributed by atoms with Crippen molar-refractivity contribution in [3.05, 3.63) is 95.4 Å². The van der Waals surface area contributed by atoms with Crippen LogP contribution in [0.1, 0.15) is 28.5 Å². The number of nitrogens with one attached hydrogen (secondary N) is 2. The van der Waals surface area contributed by atoms with E-state index >= 15 is 0 Å². The van der Waals surface area contributed by atoms with Crippen molar-refractivity contribution in [3.63, 3.8) is 0 Å². The number of nitrogens with zero attached hydrogens (tertiary/aromatic N) is 2. The van der Waals surface area contributed by atoms with Crippen LogP contribution in [0.5, 0.6) is 5.75 Å². The highest BCUT2D eigenvalue weighted by atomic mass is 16.5.